The van der Waals surface area contributed by atoms with Crippen LogP contribution in [0.5, 0.6) is 0 Å². The molecule has 1 aliphatic rings. The number of piperazine rings is 1. The normalized spacial score (nSPS) is 14.8. The Morgan fingerprint density at radius 2 is 1.39 bits per heavy atom. The van der Waals surface area contributed by atoms with Gasteiger partial charge in [-0.05, 0) is 48.9 Å². The Morgan fingerprint density at radius 3 is 1.94 bits per heavy atom. The second-order valence-corrected chi connectivity index (χ2v) is 7.10. The van der Waals surface area contributed by atoms with Gasteiger partial charge in [0.25, 0.3) is 5.91 Å². The number of rotatable bonds is 1. The van der Waals surface area contributed by atoms with Crippen LogP contribution in [0.15, 0.2) is 42.5 Å². The van der Waals surface area contributed by atoms with Crippen LogP contribution >= 0.6 is 0 Å². The summed E-state index contributed by atoms with van der Waals surface area (Å²) in [6.07, 6.45) is -8.88. The zero-order valence-electron chi connectivity index (χ0n) is 16.4. The monoisotopic (exact) mass is 440 g/mol. The van der Waals surface area contributed by atoms with Crippen molar-refractivity contribution in [2.75, 3.05) is 31.1 Å². The third kappa shape index (κ3) is 5.51. The fourth-order valence-electron chi connectivity index (χ4n) is 3.22. The lowest BCUT2D eigenvalue weighted by Gasteiger charge is -2.36. The lowest BCUT2D eigenvalue weighted by Crippen LogP contribution is -2.48. The molecule has 2 aromatic carbocycles. The van der Waals surface area contributed by atoms with Crippen molar-refractivity contribution in [2.45, 2.75) is 19.3 Å². The zero-order chi connectivity index (χ0) is 22.8. The summed E-state index contributed by atoms with van der Waals surface area (Å²) in [7, 11) is 0. The molecule has 3 rings (SSSR count). The van der Waals surface area contributed by atoms with E-state index in [4.69, 9.17) is 0 Å². The molecule has 164 valence electrons. The molecule has 0 atom stereocenters. The molecular formula is C22H18F6N2O. The molecule has 0 spiro atoms. The highest BCUT2D eigenvalue weighted by Gasteiger charge is 2.32. The Balaban J connectivity index is 1.63. The van der Waals surface area contributed by atoms with E-state index in [1.807, 2.05) is 0 Å². The first-order valence-electron chi connectivity index (χ1n) is 9.36. The highest BCUT2D eigenvalue weighted by atomic mass is 19.4. The number of hydrogen-bond donors (Lipinski definition) is 0. The summed E-state index contributed by atoms with van der Waals surface area (Å²) < 4.78 is 76.7. The fraction of sp³-hybridized carbons (Fsp3) is 0.318. The second-order valence-electron chi connectivity index (χ2n) is 7.10. The van der Waals surface area contributed by atoms with Gasteiger partial charge in [0.1, 0.15) is 0 Å². The molecule has 2 aromatic rings. The van der Waals surface area contributed by atoms with Gasteiger partial charge in [0.05, 0.1) is 11.1 Å². The maximum absolute atomic E-state index is 13.0. The van der Waals surface area contributed by atoms with Crippen molar-refractivity contribution < 1.29 is 31.1 Å². The van der Waals surface area contributed by atoms with Gasteiger partial charge < -0.3 is 9.80 Å². The van der Waals surface area contributed by atoms with Gasteiger partial charge in [0.2, 0.25) is 0 Å². The Bertz CT molecular complexity index is 1010. The first kappa shape index (κ1) is 22.5. The molecular weight excluding hydrogens is 422 g/mol. The minimum Gasteiger partial charge on any atom is -0.368 e. The van der Waals surface area contributed by atoms with E-state index in [0.29, 0.717) is 24.3 Å². The minimum atomic E-state index is -4.45. The van der Waals surface area contributed by atoms with E-state index in [2.05, 4.69) is 11.8 Å². The Morgan fingerprint density at radius 1 is 0.839 bits per heavy atom. The van der Waals surface area contributed by atoms with E-state index >= 15 is 0 Å². The van der Waals surface area contributed by atoms with Crippen LogP contribution < -0.4 is 4.90 Å². The summed E-state index contributed by atoms with van der Waals surface area (Å²) in [5.74, 6) is 4.47. The van der Waals surface area contributed by atoms with Gasteiger partial charge in [-0.3, -0.25) is 4.79 Å². The van der Waals surface area contributed by atoms with Crippen LogP contribution in [-0.2, 0) is 17.1 Å². The highest BCUT2D eigenvalue weighted by molar-refractivity contribution is 5.94. The molecule has 1 saturated heterocycles. The number of carbonyl (C=O) groups is 1. The first-order valence-corrected chi connectivity index (χ1v) is 9.36. The lowest BCUT2D eigenvalue weighted by atomic mass is 10.1. The molecule has 9 heteroatoms. The SMILES string of the molecule is Cc1ccc(C(F)(F)F)cc1N1CCN(C(=O)C#Cc2ccc(C(F)(F)F)cc2)CC1. The van der Waals surface area contributed by atoms with Gasteiger partial charge in [-0.15, -0.1) is 0 Å². The number of carbonyl (C=O) groups excluding carboxylic acids is 1. The number of alkyl halides is 6. The maximum Gasteiger partial charge on any atom is 0.416 e. The number of amides is 1. The summed E-state index contributed by atoms with van der Waals surface area (Å²) in [5, 5.41) is 0. The lowest BCUT2D eigenvalue weighted by molar-refractivity contribution is -0.138. The van der Waals surface area contributed by atoms with Crippen LogP contribution in [0.2, 0.25) is 0 Å². The van der Waals surface area contributed by atoms with Gasteiger partial charge in [-0.1, -0.05) is 12.0 Å². The molecule has 0 aliphatic carbocycles. The Kier molecular flexibility index (Phi) is 6.20. The molecule has 1 fully saturated rings. The van der Waals surface area contributed by atoms with E-state index in [9.17, 15) is 31.1 Å². The van der Waals surface area contributed by atoms with Crippen LogP contribution in [0.1, 0.15) is 22.3 Å². The Labute approximate surface area is 175 Å². The predicted octanol–water partition coefficient (Wildman–Crippen LogP) is 4.73. The number of benzene rings is 2. The van der Waals surface area contributed by atoms with Gasteiger partial charge >= 0.3 is 12.4 Å². The first-order chi connectivity index (χ1) is 14.4. The van der Waals surface area contributed by atoms with E-state index in [1.54, 1.807) is 11.8 Å². The summed E-state index contributed by atoms with van der Waals surface area (Å²) in [6.45, 7) is 2.96. The van der Waals surface area contributed by atoms with E-state index < -0.39 is 29.4 Å². The maximum atomic E-state index is 13.0. The third-order valence-electron chi connectivity index (χ3n) is 4.97. The van der Waals surface area contributed by atoms with Crippen molar-refractivity contribution >= 4 is 11.6 Å². The third-order valence-corrected chi connectivity index (χ3v) is 4.97. The smallest absolute Gasteiger partial charge is 0.368 e. The van der Waals surface area contributed by atoms with Gasteiger partial charge in [-0.25, -0.2) is 0 Å². The quantitative estimate of drug-likeness (QED) is 0.473. The van der Waals surface area contributed by atoms with Gasteiger partial charge in [-0.2, -0.15) is 26.3 Å². The van der Waals surface area contributed by atoms with Crippen molar-refractivity contribution in [1.82, 2.24) is 4.90 Å². The molecule has 31 heavy (non-hydrogen) atoms. The average molecular weight is 440 g/mol. The highest BCUT2D eigenvalue weighted by Crippen LogP contribution is 2.33. The van der Waals surface area contributed by atoms with Gasteiger partial charge in [0, 0.05) is 43.4 Å². The Hall–Kier alpha value is -3.15. The standard InChI is InChI=1S/C22H18F6N2O/c1-15-2-6-18(22(26,27)28)14-19(15)29-10-12-30(13-11-29)20(31)9-5-16-3-7-17(8-4-16)21(23,24)25/h2-4,6-8,14H,10-13H2,1H3. The van der Waals surface area contributed by atoms with Crippen molar-refractivity contribution in [3.05, 3.63) is 64.7 Å². The molecule has 0 bridgehead atoms. The number of nitrogens with zero attached hydrogens (tertiary/aromatic N) is 2. The summed E-state index contributed by atoms with van der Waals surface area (Å²) in [5.41, 5.74) is -0.0772. The summed E-state index contributed by atoms with van der Waals surface area (Å²) >= 11 is 0. The number of aryl methyl sites for hydroxylation is 1. The van der Waals surface area contributed by atoms with Crippen LogP contribution in [0.4, 0.5) is 32.0 Å². The molecule has 0 aromatic heterocycles. The largest absolute Gasteiger partial charge is 0.416 e. The molecule has 1 amide bonds. The molecule has 1 aliphatic heterocycles. The average Bonchev–Trinajstić information content (AvgIpc) is 2.71. The summed E-state index contributed by atoms with van der Waals surface area (Å²) in [6, 6.07) is 7.74. The van der Waals surface area contributed by atoms with Crippen molar-refractivity contribution in [1.29, 1.82) is 0 Å². The number of halogens is 6. The second kappa shape index (κ2) is 8.53. The van der Waals surface area contributed by atoms with Gasteiger partial charge in [0.15, 0.2) is 0 Å². The molecule has 1 heterocycles. The van der Waals surface area contributed by atoms with Crippen LogP contribution in [0, 0.1) is 18.8 Å². The molecule has 0 N–H and O–H groups in total. The van der Waals surface area contributed by atoms with Crippen LogP contribution in [-0.4, -0.2) is 37.0 Å². The van der Waals surface area contributed by atoms with E-state index in [-0.39, 0.29) is 18.7 Å². The van der Waals surface area contributed by atoms with Crippen LogP contribution in [0.25, 0.3) is 0 Å². The van der Waals surface area contributed by atoms with Crippen molar-refractivity contribution in [3.8, 4) is 11.8 Å². The number of hydrogen-bond acceptors (Lipinski definition) is 2. The molecule has 0 radical (unpaired) electrons. The molecule has 0 unspecified atom stereocenters. The number of anilines is 1. The van der Waals surface area contributed by atoms with Crippen molar-refractivity contribution in [2.24, 2.45) is 0 Å². The molecule has 3 nitrogen and oxygen atoms in total. The van der Waals surface area contributed by atoms with E-state index in [1.165, 1.54) is 23.1 Å². The predicted molar refractivity (Wildman–Crippen MR) is 103 cm³/mol. The van der Waals surface area contributed by atoms with E-state index in [0.717, 1.165) is 24.3 Å². The zero-order valence-corrected chi connectivity index (χ0v) is 16.4. The minimum absolute atomic E-state index is 0.274. The topological polar surface area (TPSA) is 23.6 Å². The fourth-order valence-corrected chi connectivity index (χ4v) is 3.22. The van der Waals surface area contributed by atoms with Crippen LogP contribution in [0.3, 0.4) is 0 Å². The summed E-state index contributed by atoms with van der Waals surface area (Å²) in [4.78, 5) is 15.6. The molecule has 0 saturated carbocycles. The van der Waals surface area contributed by atoms with Crippen molar-refractivity contribution in [3.63, 3.8) is 0 Å².